The number of hydrogen-bond donors (Lipinski definition) is 1. The van der Waals surface area contributed by atoms with Gasteiger partial charge in [0.25, 0.3) is 0 Å². The molecule has 146 valence electrons. The minimum Gasteiger partial charge on any atom is -0.493 e. The topological polar surface area (TPSA) is 59.9 Å². The van der Waals surface area contributed by atoms with Crippen molar-refractivity contribution in [3.63, 3.8) is 0 Å². The average Bonchev–Trinajstić information content (AvgIpc) is 2.65. The molecule has 1 fully saturated rings. The number of hydrogen-bond acceptors (Lipinski definition) is 4. The maximum absolute atomic E-state index is 11.9. The second kappa shape index (κ2) is 9.13. The van der Waals surface area contributed by atoms with Gasteiger partial charge in [-0.15, -0.1) is 0 Å². The number of benzene rings is 2. The zero-order valence-electron chi connectivity index (χ0n) is 15.4. The SMILES string of the molecule is C=C1CC(C(=O)N/N=C\c2ccc(OCc3ccc(Cl)cc3Cl)c(OC)c2)C1. The van der Waals surface area contributed by atoms with Crippen molar-refractivity contribution >= 4 is 35.3 Å². The molecule has 0 spiro atoms. The molecule has 7 heteroatoms. The van der Waals surface area contributed by atoms with E-state index in [4.69, 9.17) is 32.7 Å². The van der Waals surface area contributed by atoms with E-state index in [0.29, 0.717) is 21.5 Å². The molecule has 3 rings (SSSR count). The van der Waals surface area contributed by atoms with Gasteiger partial charge in [-0.3, -0.25) is 4.79 Å². The average molecular weight is 419 g/mol. The third kappa shape index (κ3) is 5.06. The predicted molar refractivity (Wildman–Crippen MR) is 111 cm³/mol. The number of ether oxygens (including phenoxy) is 2. The predicted octanol–water partition coefficient (Wildman–Crippen LogP) is 5.00. The molecule has 0 aliphatic heterocycles. The summed E-state index contributed by atoms with van der Waals surface area (Å²) in [6, 6.07) is 10.6. The molecular formula is C21H20Cl2N2O3. The quantitative estimate of drug-likeness (QED) is 0.391. The molecule has 1 aliphatic carbocycles. The van der Waals surface area contributed by atoms with Crippen LogP contribution in [-0.2, 0) is 11.4 Å². The first-order chi connectivity index (χ1) is 13.5. The van der Waals surface area contributed by atoms with Gasteiger partial charge in [-0.05, 0) is 48.7 Å². The van der Waals surface area contributed by atoms with Crippen LogP contribution < -0.4 is 14.9 Å². The monoisotopic (exact) mass is 418 g/mol. The molecule has 0 radical (unpaired) electrons. The van der Waals surface area contributed by atoms with Gasteiger partial charge in [0.1, 0.15) is 6.61 Å². The summed E-state index contributed by atoms with van der Waals surface area (Å²) in [5, 5.41) is 5.12. The molecular weight excluding hydrogens is 399 g/mol. The van der Waals surface area contributed by atoms with Crippen molar-refractivity contribution in [2.24, 2.45) is 11.0 Å². The molecule has 0 atom stereocenters. The number of carbonyl (C=O) groups is 1. The summed E-state index contributed by atoms with van der Waals surface area (Å²) in [6.07, 6.45) is 3.03. The van der Waals surface area contributed by atoms with E-state index >= 15 is 0 Å². The van der Waals surface area contributed by atoms with E-state index in [1.807, 2.05) is 12.1 Å². The first-order valence-corrected chi connectivity index (χ1v) is 9.46. The van der Waals surface area contributed by atoms with Crippen molar-refractivity contribution in [3.05, 3.63) is 69.7 Å². The first kappa shape index (κ1) is 20.2. The van der Waals surface area contributed by atoms with Crippen LogP contribution in [0.1, 0.15) is 24.0 Å². The standard InChI is InChI=1S/C21H20Cl2N2O3/c1-13-7-16(8-13)21(26)25-24-11-14-3-6-19(20(9-14)27-2)28-12-15-4-5-17(22)10-18(15)23/h3-6,9-11,16H,1,7-8,12H2,2H3,(H,25,26)/b24-11-. The molecule has 1 aliphatic rings. The summed E-state index contributed by atoms with van der Waals surface area (Å²) in [5.41, 5.74) is 5.25. The van der Waals surface area contributed by atoms with Crippen LogP contribution in [0.2, 0.25) is 10.0 Å². The highest BCUT2D eigenvalue weighted by Crippen LogP contribution is 2.31. The van der Waals surface area contributed by atoms with E-state index in [1.165, 1.54) is 0 Å². The lowest BCUT2D eigenvalue weighted by molar-refractivity contribution is -0.126. The van der Waals surface area contributed by atoms with Crippen molar-refractivity contribution in [2.75, 3.05) is 7.11 Å². The number of nitrogens with one attached hydrogen (secondary N) is 1. The lowest BCUT2D eigenvalue weighted by atomic mass is 9.81. The number of hydrazone groups is 1. The van der Waals surface area contributed by atoms with Gasteiger partial charge < -0.3 is 9.47 Å². The Morgan fingerprint density at radius 1 is 1.25 bits per heavy atom. The van der Waals surface area contributed by atoms with E-state index in [9.17, 15) is 4.79 Å². The van der Waals surface area contributed by atoms with Crippen LogP contribution in [0.15, 0.2) is 53.7 Å². The van der Waals surface area contributed by atoms with Crippen molar-refractivity contribution in [1.29, 1.82) is 0 Å². The van der Waals surface area contributed by atoms with Gasteiger partial charge in [-0.2, -0.15) is 5.10 Å². The lowest BCUT2D eigenvalue weighted by Crippen LogP contribution is -2.32. The van der Waals surface area contributed by atoms with Crippen LogP contribution in [0.25, 0.3) is 0 Å². The van der Waals surface area contributed by atoms with E-state index in [0.717, 1.165) is 29.5 Å². The van der Waals surface area contributed by atoms with Crippen molar-refractivity contribution in [1.82, 2.24) is 5.43 Å². The molecule has 0 bridgehead atoms. The van der Waals surface area contributed by atoms with E-state index < -0.39 is 0 Å². The number of amides is 1. The van der Waals surface area contributed by atoms with Crippen molar-refractivity contribution in [3.8, 4) is 11.5 Å². The molecule has 1 N–H and O–H groups in total. The van der Waals surface area contributed by atoms with Crippen molar-refractivity contribution in [2.45, 2.75) is 19.4 Å². The molecule has 2 aromatic rings. The zero-order chi connectivity index (χ0) is 20.1. The number of rotatable bonds is 7. The van der Waals surface area contributed by atoms with Gasteiger partial charge >= 0.3 is 0 Å². The summed E-state index contributed by atoms with van der Waals surface area (Å²) in [5.74, 6) is 1.02. The summed E-state index contributed by atoms with van der Waals surface area (Å²) in [4.78, 5) is 11.9. The summed E-state index contributed by atoms with van der Waals surface area (Å²) >= 11 is 12.1. The minimum atomic E-state index is -0.0876. The van der Waals surface area contributed by atoms with Crippen LogP contribution in [0.4, 0.5) is 0 Å². The molecule has 0 heterocycles. The highest BCUT2D eigenvalue weighted by Gasteiger charge is 2.28. The number of halogens is 2. The number of allylic oxidation sites excluding steroid dienone is 1. The number of nitrogens with zero attached hydrogens (tertiary/aromatic N) is 1. The van der Waals surface area contributed by atoms with Crippen LogP contribution in [0.5, 0.6) is 11.5 Å². The fourth-order valence-corrected chi connectivity index (χ4v) is 3.23. The van der Waals surface area contributed by atoms with Gasteiger partial charge in [0.2, 0.25) is 5.91 Å². The molecule has 1 saturated carbocycles. The molecule has 0 unspecified atom stereocenters. The maximum Gasteiger partial charge on any atom is 0.243 e. The summed E-state index contributed by atoms with van der Waals surface area (Å²) in [6.45, 7) is 4.11. The van der Waals surface area contributed by atoms with Crippen LogP contribution in [0, 0.1) is 5.92 Å². The Morgan fingerprint density at radius 3 is 2.71 bits per heavy atom. The van der Waals surface area contributed by atoms with Crippen LogP contribution >= 0.6 is 23.2 Å². The maximum atomic E-state index is 11.9. The van der Waals surface area contributed by atoms with Crippen molar-refractivity contribution < 1.29 is 14.3 Å². The van der Waals surface area contributed by atoms with Gasteiger partial charge in [0, 0.05) is 21.5 Å². The van der Waals surface area contributed by atoms with Crippen LogP contribution in [-0.4, -0.2) is 19.2 Å². The van der Waals surface area contributed by atoms with E-state index in [1.54, 1.807) is 37.6 Å². The number of methoxy groups -OCH3 is 1. The molecule has 28 heavy (non-hydrogen) atoms. The summed E-state index contributed by atoms with van der Waals surface area (Å²) < 4.78 is 11.2. The Bertz CT molecular complexity index is 920. The van der Waals surface area contributed by atoms with E-state index in [-0.39, 0.29) is 18.4 Å². The minimum absolute atomic E-state index is 0.0188. The second-order valence-corrected chi connectivity index (χ2v) is 7.37. The summed E-state index contributed by atoms with van der Waals surface area (Å²) in [7, 11) is 1.56. The highest BCUT2D eigenvalue weighted by molar-refractivity contribution is 6.35. The molecule has 5 nitrogen and oxygen atoms in total. The van der Waals surface area contributed by atoms with Gasteiger partial charge in [0.15, 0.2) is 11.5 Å². The molecule has 0 saturated heterocycles. The van der Waals surface area contributed by atoms with Gasteiger partial charge in [-0.25, -0.2) is 5.43 Å². The Hall–Kier alpha value is -2.50. The Morgan fingerprint density at radius 2 is 2.04 bits per heavy atom. The third-order valence-electron chi connectivity index (χ3n) is 4.42. The molecule has 0 aromatic heterocycles. The van der Waals surface area contributed by atoms with Crippen LogP contribution in [0.3, 0.4) is 0 Å². The first-order valence-electron chi connectivity index (χ1n) is 8.70. The molecule has 1 amide bonds. The number of carbonyl (C=O) groups excluding carboxylic acids is 1. The Labute approximate surface area is 173 Å². The smallest absolute Gasteiger partial charge is 0.243 e. The fraction of sp³-hybridized carbons (Fsp3) is 0.238. The second-order valence-electron chi connectivity index (χ2n) is 6.52. The van der Waals surface area contributed by atoms with Gasteiger partial charge in [0.05, 0.1) is 13.3 Å². The highest BCUT2D eigenvalue weighted by atomic mass is 35.5. The molecule has 2 aromatic carbocycles. The Kier molecular flexibility index (Phi) is 6.60. The Balaban J connectivity index is 1.60. The normalized spacial score (nSPS) is 14.0. The van der Waals surface area contributed by atoms with E-state index in [2.05, 4.69) is 17.1 Å². The largest absolute Gasteiger partial charge is 0.493 e. The lowest BCUT2D eigenvalue weighted by Gasteiger charge is -2.25. The van der Waals surface area contributed by atoms with Gasteiger partial charge in [-0.1, -0.05) is 41.4 Å². The third-order valence-corrected chi connectivity index (χ3v) is 5.00. The fourth-order valence-electron chi connectivity index (χ4n) is 2.76. The zero-order valence-corrected chi connectivity index (χ0v) is 16.9.